The fourth-order valence-corrected chi connectivity index (χ4v) is 2.23. The van der Waals surface area contributed by atoms with Gasteiger partial charge in [0, 0.05) is 13.1 Å². The first kappa shape index (κ1) is 14.8. The molecule has 2 N–H and O–H groups in total. The molecular weight excluding hydrogens is 256 g/mol. The first-order valence-electron chi connectivity index (χ1n) is 6.86. The van der Waals surface area contributed by atoms with Crippen LogP contribution < -0.4 is 10.5 Å². The molecule has 1 fully saturated rings. The number of para-hydroxylation sites is 1. The smallest absolute Gasteiger partial charge is 0.229 e. The summed E-state index contributed by atoms with van der Waals surface area (Å²) in [5.74, 6) is 0.663. The van der Waals surface area contributed by atoms with Gasteiger partial charge < -0.3 is 20.1 Å². The van der Waals surface area contributed by atoms with Crippen molar-refractivity contribution >= 4 is 5.91 Å². The van der Waals surface area contributed by atoms with Crippen molar-refractivity contribution in [2.45, 2.75) is 13.0 Å². The Bertz CT molecular complexity index is 464. The van der Waals surface area contributed by atoms with Crippen molar-refractivity contribution in [3.05, 3.63) is 29.8 Å². The average molecular weight is 278 g/mol. The summed E-state index contributed by atoms with van der Waals surface area (Å²) in [6.07, 6.45) is 0. The number of hydrogen-bond donors (Lipinski definition) is 1. The standard InChI is InChI=1S/C15H22N2O3/c1-11-5-3-4-6-14(11)20-8-7-17(2)15(18)12-9-19-10-13(12)16/h3-6,12-13H,7-10,16H2,1-2H3. The van der Waals surface area contributed by atoms with Crippen LogP contribution in [0.15, 0.2) is 24.3 Å². The highest BCUT2D eigenvalue weighted by Gasteiger charge is 2.33. The van der Waals surface area contributed by atoms with Gasteiger partial charge in [-0.25, -0.2) is 0 Å². The summed E-state index contributed by atoms with van der Waals surface area (Å²) in [6, 6.07) is 7.64. The molecule has 1 saturated heterocycles. The number of aryl methyl sites for hydroxylation is 1. The molecule has 1 aliphatic rings. The summed E-state index contributed by atoms with van der Waals surface area (Å²) in [7, 11) is 1.77. The first-order valence-corrected chi connectivity index (χ1v) is 6.86. The molecule has 5 nitrogen and oxygen atoms in total. The highest BCUT2D eigenvalue weighted by atomic mass is 16.5. The van der Waals surface area contributed by atoms with Crippen LogP contribution in [0.1, 0.15) is 5.56 Å². The Hall–Kier alpha value is -1.59. The van der Waals surface area contributed by atoms with E-state index in [0.717, 1.165) is 11.3 Å². The number of amides is 1. The summed E-state index contributed by atoms with van der Waals surface area (Å²) in [5, 5.41) is 0. The van der Waals surface area contributed by atoms with Crippen molar-refractivity contribution in [1.29, 1.82) is 0 Å². The van der Waals surface area contributed by atoms with Gasteiger partial charge in [0.2, 0.25) is 5.91 Å². The largest absolute Gasteiger partial charge is 0.491 e. The van der Waals surface area contributed by atoms with E-state index in [-0.39, 0.29) is 17.9 Å². The third-order valence-electron chi connectivity index (χ3n) is 3.60. The molecule has 0 bridgehead atoms. The Kier molecular flexibility index (Phi) is 4.98. The highest BCUT2D eigenvalue weighted by molar-refractivity contribution is 5.79. The molecule has 1 aliphatic heterocycles. The van der Waals surface area contributed by atoms with Crippen LogP contribution in [0.4, 0.5) is 0 Å². The van der Waals surface area contributed by atoms with Crippen molar-refractivity contribution in [1.82, 2.24) is 4.90 Å². The molecule has 0 spiro atoms. The van der Waals surface area contributed by atoms with E-state index in [4.69, 9.17) is 15.2 Å². The SMILES string of the molecule is Cc1ccccc1OCCN(C)C(=O)C1COCC1N. The van der Waals surface area contributed by atoms with Crippen LogP contribution in [0.25, 0.3) is 0 Å². The predicted molar refractivity (Wildman–Crippen MR) is 76.6 cm³/mol. The normalized spacial score (nSPS) is 21.8. The molecule has 0 radical (unpaired) electrons. The summed E-state index contributed by atoms with van der Waals surface area (Å²) in [6.45, 7) is 3.89. The van der Waals surface area contributed by atoms with Gasteiger partial charge in [-0.1, -0.05) is 18.2 Å². The molecule has 5 heteroatoms. The van der Waals surface area contributed by atoms with Gasteiger partial charge in [0.1, 0.15) is 12.4 Å². The Morgan fingerprint density at radius 1 is 1.45 bits per heavy atom. The van der Waals surface area contributed by atoms with Gasteiger partial charge in [-0.15, -0.1) is 0 Å². The van der Waals surface area contributed by atoms with Crippen molar-refractivity contribution in [2.24, 2.45) is 11.7 Å². The van der Waals surface area contributed by atoms with Crippen LogP contribution in [0, 0.1) is 12.8 Å². The van der Waals surface area contributed by atoms with Crippen LogP contribution in [-0.4, -0.2) is 50.3 Å². The summed E-state index contributed by atoms with van der Waals surface area (Å²) >= 11 is 0. The van der Waals surface area contributed by atoms with Crippen LogP contribution >= 0.6 is 0 Å². The number of benzene rings is 1. The lowest BCUT2D eigenvalue weighted by atomic mass is 10.0. The van der Waals surface area contributed by atoms with E-state index in [1.165, 1.54) is 0 Å². The van der Waals surface area contributed by atoms with Crippen LogP contribution in [0.3, 0.4) is 0 Å². The molecule has 1 aromatic carbocycles. The molecule has 2 rings (SSSR count). The lowest BCUT2D eigenvalue weighted by Gasteiger charge is -2.22. The molecule has 0 aromatic heterocycles. The monoisotopic (exact) mass is 278 g/mol. The van der Waals surface area contributed by atoms with E-state index in [1.54, 1.807) is 11.9 Å². The number of nitrogens with zero attached hydrogens (tertiary/aromatic N) is 1. The van der Waals surface area contributed by atoms with Gasteiger partial charge in [-0.3, -0.25) is 4.79 Å². The minimum Gasteiger partial charge on any atom is -0.491 e. The number of carbonyl (C=O) groups excluding carboxylic acids is 1. The van der Waals surface area contributed by atoms with Gasteiger partial charge in [0.15, 0.2) is 0 Å². The number of ether oxygens (including phenoxy) is 2. The van der Waals surface area contributed by atoms with Crippen molar-refractivity contribution < 1.29 is 14.3 Å². The number of nitrogens with two attached hydrogens (primary N) is 1. The zero-order chi connectivity index (χ0) is 14.5. The predicted octanol–water partition coefficient (Wildman–Crippen LogP) is 0.806. The van der Waals surface area contributed by atoms with Gasteiger partial charge in [-0.05, 0) is 18.6 Å². The Labute approximate surface area is 119 Å². The second-order valence-corrected chi connectivity index (χ2v) is 5.18. The number of rotatable bonds is 5. The summed E-state index contributed by atoms with van der Waals surface area (Å²) in [4.78, 5) is 13.8. The number of likely N-dealkylation sites (N-methyl/N-ethyl adjacent to an activating group) is 1. The molecular formula is C15H22N2O3. The summed E-state index contributed by atoms with van der Waals surface area (Å²) in [5.41, 5.74) is 6.94. The lowest BCUT2D eigenvalue weighted by molar-refractivity contribution is -0.134. The van der Waals surface area contributed by atoms with E-state index in [1.807, 2.05) is 31.2 Å². The van der Waals surface area contributed by atoms with Gasteiger partial charge in [-0.2, -0.15) is 0 Å². The second kappa shape index (κ2) is 6.72. The maximum absolute atomic E-state index is 12.2. The quantitative estimate of drug-likeness (QED) is 0.865. The third-order valence-corrected chi connectivity index (χ3v) is 3.60. The van der Waals surface area contributed by atoms with Gasteiger partial charge >= 0.3 is 0 Å². The molecule has 110 valence electrons. The van der Waals surface area contributed by atoms with Gasteiger partial charge in [0.05, 0.1) is 25.7 Å². The molecule has 2 unspecified atom stereocenters. The van der Waals surface area contributed by atoms with E-state index in [9.17, 15) is 4.79 Å². The van der Waals surface area contributed by atoms with Crippen LogP contribution in [0.2, 0.25) is 0 Å². The van der Waals surface area contributed by atoms with Crippen LogP contribution in [0.5, 0.6) is 5.75 Å². The minimum absolute atomic E-state index is 0.0309. The first-order chi connectivity index (χ1) is 9.59. The highest BCUT2D eigenvalue weighted by Crippen LogP contribution is 2.17. The fraction of sp³-hybridized carbons (Fsp3) is 0.533. The zero-order valence-electron chi connectivity index (χ0n) is 12.0. The zero-order valence-corrected chi connectivity index (χ0v) is 12.0. The van der Waals surface area contributed by atoms with Gasteiger partial charge in [0.25, 0.3) is 0 Å². The Morgan fingerprint density at radius 3 is 2.85 bits per heavy atom. The number of carbonyl (C=O) groups is 1. The van der Waals surface area contributed by atoms with Crippen LogP contribution in [-0.2, 0) is 9.53 Å². The Balaban J connectivity index is 1.79. The topological polar surface area (TPSA) is 64.8 Å². The maximum Gasteiger partial charge on any atom is 0.229 e. The number of hydrogen-bond acceptors (Lipinski definition) is 4. The molecule has 0 aliphatic carbocycles. The molecule has 2 atom stereocenters. The Morgan fingerprint density at radius 2 is 2.20 bits per heavy atom. The van der Waals surface area contributed by atoms with E-state index < -0.39 is 0 Å². The molecule has 1 heterocycles. The average Bonchev–Trinajstić information content (AvgIpc) is 2.86. The third kappa shape index (κ3) is 3.49. The minimum atomic E-state index is -0.224. The maximum atomic E-state index is 12.2. The van der Waals surface area contributed by atoms with E-state index in [2.05, 4.69) is 0 Å². The second-order valence-electron chi connectivity index (χ2n) is 5.18. The molecule has 1 aromatic rings. The van der Waals surface area contributed by atoms with E-state index >= 15 is 0 Å². The molecule has 20 heavy (non-hydrogen) atoms. The van der Waals surface area contributed by atoms with Crippen molar-refractivity contribution in [2.75, 3.05) is 33.4 Å². The molecule has 1 amide bonds. The lowest BCUT2D eigenvalue weighted by Crippen LogP contribution is -2.43. The fourth-order valence-electron chi connectivity index (χ4n) is 2.23. The molecule has 0 saturated carbocycles. The van der Waals surface area contributed by atoms with Crippen molar-refractivity contribution in [3.8, 4) is 5.75 Å². The summed E-state index contributed by atoms with van der Waals surface area (Å²) < 4.78 is 10.9. The van der Waals surface area contributed by atoms with E-state index in [0.29, 0.717) is 26.4 Å². The van der Waals surface area contributed by atoms with Crippen molar-refractivity contribution in [3.63, 3.8) is 0 Å².